The molecule has 1 aromatic heterocycles. The average molecular weight is 1080 g/mol. The molecule has 0 aliphatic heterocycles. The van der Waals surface area contributed by atoms with Crippen LogP contribution in [0.3, 0.4) is 0 Å². The van der Waals surface area contributed by atoms with Gasteiger partial charge in [0.1, 0.15) is 11.6 Å². The van der Waals surface area contributed by atoms with Crippen molar-refractivity contribution < 1.29 is 30.3 Å². The topological polar surface area (TPSA) is 38.0 Å². The molecule has 1 heterocycles. The summed E-state index contributed by atoms with van der Waals surface area (Å²) in [5.74, 6) is 1.20. The minimum Gasteiger partial charge on any atom is -0.507 e. The molecule has 0 amide bonds. The molecule has 0 radical (unpaired) electrons. The summed E-state index contributed by atoms with van der Waals surface area (Å²) in [6.07, 6.45) is 7.65. The maximum atomic E-state index is 12.5. The van der Waals surface area contributed by atoms with E-state index in [0.717, 1.165) is 78.7 Å². The summed E-state index contributed by atoms with van der Waals surface area (Å²) < 4.78 is 29.3. The zero-order chi connectivity index (χ0) is 49.9. The van der Waals surface area contributed by atoms with Crippen molar-refractivity contribution in [2.75, 3.05) is 0 Å². The molecular weight excluding hydrogens is 1010 g/mol. The van der Waals surface area contributed by atoms with E-state index in [1.54, 1.807) is 0 Å². The second kappa shape index (κ2) is 19.2. The fourth-order valence-electron chi connectivity index (χ4n) is 9.41. The molecule has 1 N–H and O–H groups in total. The first-order chi connectivity index (χ1) is 33.2. The van der Waals surface area contributed by atoms with Crippen LogP contribution in [-0.2, 0) is 26.5 Å². The summed E-state index contributed by atoms with van der Waals surface area (Å²) in [5.41, 5.74) is 15.1. The Balaban J connectivity index is 0.00000676. The van der Waals surface area contributed by atoms with Gasteiger partial charge < -0.3 is 5.11 Å². The summed E-state index contributed by atoms with van der Waals surface area (Å²) in [5, 5.41) is 12.5. The van der Waals surface area contributed by atoms with Crippen LogP contribution in [0.4, 0.5) is 0 Å². The Bertz CT molecular complexity index is 3310. The van der Waals surface area contributed by atoms with Gasteiger partial charge in [-0.25, -0.2) is 10.5 Å². The van der Waals surface area contributed by atoms with Gasteiger partial charge in [-0.2, -0.15) is 35.9 Å². The van der Waals surface area contributed by atoms with E-state index in [-0.39, 0.29) is 55.0 Å². The van der Waals surface area contributed by atoms with Crippen LogP contribution in [0.25, 0.3) is 78.2 Å². The van der Waals surface area contributed by atoms with E-state index in [4.69, 9.17) is 9.10 Å². The maximum Gasteiger partial charge on any atom is 2.00 e. The molecule has 0 bridgehead atoms. The number of para-hydroxylation sites is 1. The van der Waals surface area contributed by atoms with E-state index in [1.165, 1.54) is 0 Å². The first-order valence-corrected chi connectivity index (χ1v) is 23.8. The molecule has 0 spiro atoms. The molecular formula is C64H64N2OPt. The molecule has 0 saturated carbocycles. The van der Waals surface area contributed by atoms with Gasteiger partial charge >= 0.3 is 21.1 Å². The zero-order valence-corrected chi connectivity index (χ0v) is 43.3. The Morgan fingerprint density at radius 3 is 2.03 bits per heavy atom. The fraction of sp³-hybridized carbons (Fsp3) is 0.266. The van der Waals surface area contributed by atoms with E-state index in [0.29, 0.717) is 34.1 Å². The molecule has 1 aliphatic rings. The summed E-state index contributed by atoms with van der Waals surface area (Å²) in [4.78, 5) is 5.65. The van der Waals surface area contributed by atoms with Crippen molar-refractivity contribution in [2.45, 2.75) is 99.8 Å². The van der Waals surface area contributed by atoms with Gasteiger partial charge in [0.15, 0.2) is 0 Å². The molecule has 8 aromatic rings. The molecule has 68 heavy (non-hydrogen) atoms. The van der Waals surface area contributed by atoms with Crippen molar-refractivity contribution in [3.8, 4) is 67.3 Å². The van der Waals surface area contributed by atoms with Gasteiger partial charge in [0, 0.05) is 9.68 Å². The van der Waals surface area contributed by atoms with Crippen molar-refractivity contribution in [3.05, 3.63) is 192 Å². The Labute approximate surface area is 424 Å². The summed E-state index contributed by atoms with van der Waals surface area (Å²) in [6, 6.07) is 52.6. The van der Waals surface area contributed by atoms with Crippen LogP contribution >= 0.6 is 0 Å². The quantitative estimate of drug-likeness (QED) is 0.146. The largest absolute Gasteiger partial charge is 2.00 e. The molecule has 1 aliphatic carbocycles. The van der Waals surface area contributed by atoms with Crippen LogP contribution in [0.5, 0.6) is 5.75 Å². The van der Waals surface area contributed by atoms with Gasteiger partial charge in [-0.15, -0.1) is 28.8 Å². The van der Waals surface area contributed by atoms with E-state index >= 15 is 0 Å². The van der Waals surface area contributed by atoms with Crippen molar-refractivity contribution in [3.63, 3.8) is 0 Å². The Morgan fingerprint density at radius 1 is 0.691 bits per heavy atom. The monoisotopic (exact) mass is 1070 g/mol. The van der Waals surface area contributed by atoms with Crippen LogP contribution < -0.4 is 0 Å². The number of imidazole rings is 1. The van der Waals surface area contributed by atoms with Crippen LogP contribution in [0.2, 0.25) is 0 Å². The molecule has 0 saturated heterocycles. The predicted octanol–water partition coefficient (Wildman–Crippen LogP) is 17.5. The third-order valence-electron chi connectivity index (χ3n) is 13.6. The number of phenols is 1. The first-order valence-electron chi connectivity index (χ1n) is 25.3. The number of nitrogens with zero attached hydrogens (tertiary/aromatic N) is 2. The van der Waals surface area contributed by atoms with E-state index in [2.05, 4.69) is 189 Å². The van der Waals surface area contributed by atoms with Crippen molar-refractivity contribution >= 4 is 16.6 Å². The molecule has 1 unspecified atom stereocenters. The van der Waals surface area contributed by atoms with Gasteiger partial charge in [0.05, 0.1) is 22.3 Å². The maximum absolute atomic E-state index is 12.5. The van der Waals surface area contributed by atoms with Crippen LogP contribution in [-0.4, -0.2) is 14.7 Å². The number of phenolic OH excluding ortho intramolecular Hbond substituents is 1. The number of aromatic nitrogens is 2. The number of aromatic hydroxyl groups is 1. The van der Waals surface area contributed by atoms with Crippen molar-refractivity contribution in [1.29, 1.82) is 0 Å². The number of hydrogen-bond acceptors (Lipinski definition) is 2. The number of aryl methyl sites for hydroxylation is 1. The number of benzene rings is 7. The van der Waals surface area contributed by atoms with Crippen molar-refractivity contribution in [2.24, 2.45) is 11.3 Å². The molecule has 9 rings (SSSR count). The molecule has 1 atom stereocenters. The molecule has 4 heteroatoms. The normalized spacial score (nSPS) is 15.0. The van der Waals surface area contributed by atoms with E-state index in [9.17, 15) is 5.11 Å². The number of hydrogen-bond donors (Lipinski definition) is 1. The predicted molar refractivity (Wildman–Crippen MR) is 284 cm³/mol. The minimum atomic E-state index is -2.47. The summed E-state index contributed by atoms with van der Waals surface area (Å²) >= 11 is 0. The third kappa shape index (κ3) is 9.53. The van der Waals surface area contributed by atoms with Gasteiger partial charge in [-0.05, 0) is 105 Å². The van der Waals surface area contributed by atoms with Crippen molar-refractivity contribution in [1.82, 2.24) is 9.55 Å². The SMILES string of the molecule is [2H]C([2H])([2H])c1cc(-n2c(-c3cc(C(C)C)cc(C(C)C)c3O)nc3c(-c4[c-]c(-c5[c-]ccc(-c6ccccc6)c5)cc(C(C)(C)C)c4)cccc32)c(C2=CCC(C(C)(C)C)C=C2)cc1-c1ccccc1.[Pt+2]. The zero-order valence-electron chi connectivity index (χ0n) is 44.0. The molecule has 7 aromatic carbocycles. The third-order valence-corrected chi connectivity index (χ3v) is 13.6. The molecule has 346 valence electrons. The van der Waals surface area contributed by atoms with Crippen LogP contribution in [0.15, 0.2) is 152 Å². The Hall–Kier alpha value is -6.02. The fourth-order valence-corrected chi connectivity index (χ4v) is 9.41. The number of allylic oxidation sites excluding steroid dienone is 4. The Morgan fingerprint density at radius 2 is 1.40 bits per heavy atom. The van der Waals surface area contributed by atoms with Gasteiger partial charge in [-0.3, -0.25) is 4.57 Å². The standard InChI is InChI=1S/C64H64N2O.Pt/c1-40(2)48-37-54(41(3)4)61(67)57(38-48)62-65-60-53(50-34-49(35-52(36-50)64(9,10)11)47-25-18-24-46(33-47)43-20-14-12-15-21-43)26-19-27-58(60)66(62)59-32-42(5)55(44-22-16-13-17-23-44)39-56(59)45-28-30-51(31-29-45)63(6,7)8;/h12-24,26-30,32-33,35-41,51,67H,31H2,1-11H3;/q-2;+2/i5D3;. The second-order valence-corrected chi connectivity index (χ2v) is 21.1. The molecule has 3 nitrogen and oxygen atoms in total. The van der Waals surface area contributed by atoms with Crippen LogP contribution in [0.1, 0.15) is 119 Å². The smallest absolute Gasteiger partial charge is 0.507 e. The number of fused-ring (bicyclic) bond motifs is 1. The molecule has 0 fully saturated rings. The Kier molecular flexibility index (Phi) is 12.5. The second-order valence-electron chi connectivity index (χ2n) is 21.1. The van der Waals surface area contributed by atoms with Crippen LogP contribution in [0, 0.1) is 30.3 Å². The van der Waals surface area contributed by atoms with Gasteiger partial charge in [0.25, 0.3) is 0 Å². The first kappa shape index (κ1) is 44.5. The van der Waals surface area contributed by atoms with E-state index < -0.39 is 6.85 Å². The van der Waals surface area contributed by atoms with E-state index in [1.807, 2.05) is 48.5 Å². The van der Waals surface area contributed by atoms with Gasteiger partial charge in [0.2, 0.25) is 0 Å². The summed E-state index contributed by atoms with van der Waals surface area (Å²) in [7, 11) is 0. The van der Waals surface area contributed by atoms with Gasteiger partial charge in [-0.1, -0.05) is 172 Å². The average Bonchev–Trinajstić information content (AvgIpc) is 3.72. The number of rotatable bonds is 9. The summed E-state index contributed by atoms with van der Waals surface area (Å²) in [6.45, 7) is 19.6. The minimum absolute atomic E-state index is 0.